The molecule has 2 unspecified atom stereocenters. The molecule has 5 rings (SSSR count). The van der Waals surface area contributed by atoms with Gasteiger partial charge >= 0.3 is 12.1 Å². The smallest absolute Gasteiger partial charge is 0.407 e. The van der Waals surface area contributed by atoms with Crippen molar-refractivity contribution in [3.8, 4) is 11.1 Å². The van der Waals surface area contributed by atoms with Crippen LogP contribution in [0.2, 0.25) is 0 Å². The Bertz CT molecular complexity index is 1070. The third-order valence-corrected chi connectivity index (χ3v) is 7.80. The molecule has 0 saturated heterocycles. The van der Waals surface area contributed by atoms with Crippen LogP contribution in [-0.4, -0.2) is 42.3 Å². The summed E-state index contributed by atoms with van der Waals surface area (Å²) >= 11 is 0. The molecule has 0 radical (unpaired) electrons. The number of carbonyl (C=O) groups is 3. The Balaban J connectivity index is 1.13. The molecule has 0 aromatic heterocycles. The van der Waals surface area contributed by atoms with Gasteiger partial charge in [-0.05, 0) is 53.4 Å². The van der Waals surface area contributed by atoms with Gasteiger partial charge in [0.2, 0.25) is 5.91 Å². The average Bonchev–Trinajstić information content (AvgIpc) is 3.58. The lowest BCUT2D eigenvalue weighted by Crippen LogP contribution is -2.44. The zero-order valence-electron chi connectivity index (χ0n) is 19.7. The number of benzene rings is 2. The van der Waals surface area contributed by atoms with Crippen LogP contribution < -0.4 is 10.6 Å². The molecule has 35 heavy (non-hydrogen) atoms. The summed E-state index contributed by atoms with van der Waals surface area (Å²) < 4.78 is 5.71. The molecule has 0 spiro atoms. The van der Waals surface area contributed by atoms with Crippen molar-refractivity contribution < 1.29 is 24.2 Å². The van der Waals surface area contributed by atoms with E-state index in [9.17, 15) is 14.4 Å². The zero-order valence-corrected chi connectivity index (χ0v) is 19.7. The monoisotopic (exact) mass is 476 g/mol. The van der Waals surface area contributed by atoms with Crippen LogP contribution in [-0.2, 0) is 14.3 Å². The molecule has 7 nitrogen and oxygen atoms in total. The number of carboxylic acids is 1. The van der Waals surface area contributed by atoms with Crippen LogP contribution in [0.1, 0.15) is 55.6 Å². The molecular weight excluding hydrogens is 444 g/mol. The lowest BCUT2D eigenvalue weighted by Gasteiger charge is -2.31. The number of hydrogen-bond acceptors (Lipinski definition) is 4. The minimum absolute atomic E-state index is 0.0122. The molecule has 2 aromatic rings. The maximum atomic E-state index is 12.8. The Labute approximate surface area is 205 Å². The minimum Gasteiger partial charge on any atom is -0.481 e. The van der Waals surface area contributed by atoms with Crippen molar-refractivity contribution in [1.82, 2.24) is 10.6 Å². The summed E-state index contributed by atoms with van der Waals surface area (Å²) in [6.07, 6.45) is 4.27. The van der Waals surface area contributed by atoms with Crippen LogP contribution in [0, 0.1) is 17.8 Å². The largest absolute Gasteiger partial charge is 0.481 e. The van der Waals surface area contributed by atoms with Gasteiger partial charge < -0.3 is 20.5 Å². The number of rotatable bonds is 8. The Kier molecular flexibility index (Phi) is 6.75. The summed E-state index contributed by atoms with van der Waals surface area (Å²) in [7, 11) is 0. The zero-order chi connectivity index (χ0) is 24.4. The van der Waals surface area contributed by atoms with E-state index >= 15 is 0 Å². The van der Waals surface area contributed by atoms with Crippen molar-refractivity contribution in [2.75, 3.05) is 13.2 Å². The molecule has 0 heterocycles. The molecule has 2 fully saturated rings. The van der Waals surface area contributed by atoms with Gasteiger partial charge in [0, 0.05) is 24.9 Å². The Hall–Kier alpha value is -3.35. The van der Waals surface area contributed by atoms with E-state index in [2.05, 4.69) is 34.9 Å². The van der Waals surface area contributed by atoms with Gasteiger partial charge in [-0.15, -0.1) is 0 Å². The highest BCUT2D eigenvalue weighted by Crippen LogP contribution is 2.44. The first-order valence-corrected chi connectivity index (χ1v) is 12.6. The molecule has 3 N–H and O–H groups in total. The number of aliphatic carboxylic acids is 1. The predicted molar refractivity (Wildman–Crippen MR) is 131 cm³/mol. The number of carbonyl (C=O) groups excluding carboxylic acids is 2. The van der Waals surface area contributed by atoms with Gasteiger partial charge in [-0.2, -0.15) is 0 Å². The summed E-state index contributed by atoms with van der Waals surface area (Å²) in [5, 5.41) is 14.9. The highest BCUT2D eigenvalue weighted by atomic mass is 16.5. The van der Waals surface area contributed by atoms with E-state index in [1.165, 1.54) is 22.3 Å². The second-order valence-electron chi connectivity index (χ2n) is 10.1. The van der Waals surface area contributed by atoms with Crippen LogP contribution in [0.4, 0.5) is 4.79 Å². The molecule has 3 aliphatic rings. The van der Waals surface area contributed by atoms with Crippen molar-refractivity contribution in [3.63, 3.8) is 0 Å². The fourth-order valence-corrected chi connectivity index (χ4v) is 5.76. The van der Waals surface area contributed by atoms with Gasteiger partial charge in [-0.3, -0.25) is 9.59 Å². The van der Waals surface area contributed by atoms with E-state index in [4.69, 9.17) is 9.84 Å². The van der Waals surface area contributed by atoms with Crippen molar-refractivity contribution in [2.24, 2.45) is 17.8 Å². The standard InChI is InChI=1S/C28H32N2O5/c31-26(29-15-18-13-23(18)27(32)33)14-17-7-1-6-12-25(17)30-28(34)35-16-24-21-10-4-2-8-19(21)20-9-3-5-11-22(20)24/h2-5,8-11,17-18,23-25H,1,6-7,12-16H2,(H,29,31)(H,30,34)(H,32,33)/t17?,18-,23-,25?/m1/s1. The van der Waals surface area contributed by atoms with Gasteiger partial charge in [-0.25, -0.2) is 4.79 Å². The Morgan fingerprint density at radius 1 is 0.914 bits per heavy atom. The van der Waals surface area contributed by atoms with Crippen LogP contribution in [0.3, 0.4) is 0 Å². The summed E-state index contributed by atoms with van der Waals surface area (Å²) in [6, 6.07) is 16.4. The second kappa shape index (κ2) is 10.1. The van der Waals surface area contributed by atoms with E-state index in [0.717, 1.165) is 25.7 Å². The van der Waals surface area contributed by atoms with Crippen LogP contribution in [0.15, 0.2) is 48.5 Å². The number of carboxylic acid groups (broad SMARTS) is 1. The number of fused-ring (bicyclic) bond motifs is 3. The topological polar surface area (TPSA) is 105 Å². The maximum Gasteiger partial charge on any atom is 0.407 e. The normalized spacial score (nSPS) is 24.7. The summed E-state index contributed by atoms with van der Waals surface area (Å²) in [5.74, 6) is -1.08. The summed E-state index contributed by atoms with van der Waals surface area (Å²) in [6.45, 7) is 0.677. The van der Waals surface area contributed by atoms with Gasteiger partial charge in [0.05, 0.1) is 5.92 Å². The average molecular weight is 477 g/mol. The molecular formula is C28H32N2O5. The molecule has 184 valence electrons. The number of amides is 2. The molecule has 2 saturated carbocycles. The van der Waals surface area contributed by atoms with Crippen molar-refractivity contribution in [3.05, 3.63) is 59.7 Å². The molecule has 0 bridgehead atoms. The number of hydrogen-bond donors (Lipinski definition) is 3. The highest BCUT2D eigenvalue weighted by Gasteiger charge is 2.43. The first kappa shape index (κ1) is 23.4. The van der Waals surface area contributed by atoms with Crippen LogP contribution >= 0.6 is 0 Å². The van der Waals surface area contributed by atoms with Crippen molar-refractivity contribution in [1.29, 1.82) is 0 Å². The van der Waals surface area contributed by atoms with Crippen LogP contribution in [0.5, 0.6) is 0 Å². The Morgan fingerprint density at radius 3 is 2.23 bits per heavy atom. The van der Waals surface area contributed by atoms with E-state index < -0.39 is 12.1 Å². The quantitative estimate of drug-likeness (QED) is 0.527. The van der Waals surface area contributed by atoms with Crippen LogP contribution in [0.25, 0.3) is 11.1 Å². The number of alkyl carbamates (subject to hydrolysis) is 1. The predicted octanol–water partition coefficient (Wildman–Crippen LogP) is 4.31. The molecule has 2 aromatic carbocycles. The van der Waals surface area contributed by atoms with Gasteiger partial charge in [-0.1, -0.05) is 61.4 Å². The SMILES string of the molecule is O=C(CC1CCCCC1NC(=O)OCC1c2ccccc2-c2ccccc21)NC[C@H]1C[C@H]1C(=O)O. The van der Waals surface area contributed by atoms with Crippen molar-refractivity contribution in [2.45, 2.75) is 50.5 Å². The lowest BCUT2D eigenvalue weighted by molar-refractivity contribution is -0.139. The number of ether oxygens (including phenoxy) is 1. The molecule has 0 aliphatic heterocycles. The molecule has 2 amide bonds. The van der Waals surface area contributed by atoms with E-state index in [-0.39, 0.29) is 42.2 Å². The van der Waals surface area contributed by atoms with E-state index in [1.54, 1.807) is 0 Å². The molecule has 7 heteroatoms. The van der Waals surface area contributed by atoms with E-state index in [0.29, 0.717) is 19.4 Å². The van der Waals surface area contributed by atoms with E-state index in [1.807, 2.05) is 24.3 Å². The summed E-state index contributed by atoms with van der Waals surface area (Å²) in [4.78, 5) is 36.2. The van der Waals surface area contributed by atoms with Gasteiger partial charge in [0.15, 0.2) is 0 Å². The summed E-state index contributed by atoms with van der Waals surface area (Å²) in [5.41, 5.74) is 4.73. The highest BCUT2D eigenvalue weighted by molar-refractivity contribution is 5.79. The third kappa shape index (κ3) is 5.19. The first-order valence-electron chi connectivity index (χ1n) is 12.6. The van der Waals surface area contributed by atoms with Crippen molar-refractivity contribution >= 4 is 18.0 Å². The first-order chi connectivity index (χ1) is 17.0. The number of nitrogens with one attached hydrogen (secondary N) is 2. The lowest BCUT2D eigenvalue weighted by atomic mass is 9.82. The maximum absolute atomic E-state index is 12.8. The third-order valence-electron chi connectivity index (χ3n) is 7.80. The molecule has 3 aliphatic carbocycles. The fourth-order valence-electron chi connectivity index (χ4n) is 5.76. The van der Waals surface area contributed by atoms with Gasteiger partial charge in [0.25, 0.3) is 0 Å². The second-order valence-corrected chi connectivity index (χ2v) is 10.1. The Morgan fingerprint density at radius 2 is 1.57 bits per heavy atom. The fraction of sp³-hybridized carbons (Fsp3) is 0.464. The molecule has 4 atom stereocenters. The van der Waals surface area contributed by atoms with Gasteiger partial charge in [0.1, 0.15) is 6.61 Å². The minimum atomic E-state index is -0.788.